The van der Waals surface area contributed by atoms with E-state index in [1.807, 2.05) is 24.4 Å². The number of phenolic OH excluding ortho intramolecular Hbond substituents is 1. The largest absolute Gasteiger partial charge is 0.507 e. The van der Waals surface area contributed by atoms with Crippen molar-refractivity contribution in [1.82, 2.24) is 0 Å². The van der Waals surface area contributed by atoms with Crippen molar-refractivity contribution in [1.29, 1.82) is 0 Å². The molecule has 110 valence electrons. The smallest absolute Gasteiger partial charge is 0.124 e. The van der Waals surface area contributed by atoms with E-state index in [4.69, 9.17) is 4.99 Å². The molecule has 4 rings (SSSR count). The van der Waals surface area contributed by atoms with E-state index in [-0.39, 0.29) is 12.4 Å². The molecule has 2 nitrogen and oxygen atoms in total. The molecule has 0 aromatic heterocycles. The van der Waals surface area contributed by atoms with Gasteiger partial charge in [0.25, 0.3) is 0 Å². The number of hydrogen-bond donors (Lipinski definition) is 1. The summed E-state index contributed by atoms with van der Waals surface area (Å²) in [7, 11) is 0. The van der Waals surface area contributed by atoms with Gasteiger partial charge in [-0.15, -0.1) is 12.4 Å². The number of rotatable bonds is 2. The van der Waals surface area contributed by atoms with E-state index in [2.05, 4.69) is 20.8 Å². The van der Waals surface area contributed by atoms with Gasteiger partial charge in [0.15, 0.2) is 0 Å². The molecule has 0 heterocycles. The second-order valence-electron chi connectivity index (χ2n) is 6.86. The van der Waals surface area contributed by atoms with Gasteiger partial charge in [-0.25, -0.2) is 0 Å². The molecule has 1 aromatic carbocycles. The summed E-state index contributed by atoms with van der Waals surface area (Å²) in [4.78, 5) is 4.76. The Labute approximate surface area is 127 Å². The van der Waals surface area contributed by atoms with Crippen LogP contribution in [-0.2, 0) is 0 Å². The number of hydrogen-bond acceptors (Lipinski definition) is 2. The topological polar surface area (TPSA) is 32.6 Å². The first-order valence-corrected chi connectivity index (χ1v) is 7.31. The molecule has 3 fully saturated rings. The van der Waals surface area contributed by atoms with Crippen LogP contribution in [0.2, 0.25) is 0 Å². The van der Waals surface area contributed by atoms with Crippen LogP contribution in [-0.4, -0.2) is 17.4 Å². The molecule has 0 unspecified atom stereocenters. The molecule has 0 amide bonds. The molecule has 3 heteroatoms. The van der Waals surface area contributed by atoms with Crippen LogP contribution in [0.3, 0.4) is 0 Å². The van der Waals surface area contributed by atoms with E-state index in [0.29, 0.717) is 23.1 Å². The van der Waals surface area contributed by atoms with Crippen LogP contribution in [0.1, 0.15) is 39.2 Å². The van der Waals surface area contributed by atoms with Gasteiger partial charge in [0.05, 0.1) is 6.04 Å². The molecule has 1 aromatic rings. The summed E-state index contributed by atoms with van der Waals surface area (Å²) in [5, 5.41) is 9.76. The monoisotopic (exact) mass is 293 g/mol. The second-order valence-corrected chi connectivity index (χ2v) is 6.86. The summed E-state index contributed by atoms with van der Waals surface area (Å²) in [6, 6.07) is 7.83. The fourth-order valence-electron chi connectivity index (χ4n) is 4.09. The predicted molar refractivity (Wildman–Crippen MR) is 85.9 cm³/mol. The Bertz CT molecular complexity index is 511. The quantitative estimate of drug-likeness (QED) is 0.810. The van der Waals surface area contributed by atoms with Crippen LogP contribution in [0.25, 0.3) is 0 Å². The molecule has 0 saturated heterocycles. The molecule has 0 aliphatic heterocycles. The SMILES string of the molecule is C[C@@H]1[C@H]2C[C@@H](C[C@H]1N=Cc1ccccc1O)C2(C)C.Cl. The van der Waals surface area contributed by atoms with Crippen molar-refractivity contribution >= 4 is 18.6 Å². The lowest BCUT2D eigenvalue weighted by Crippen LogP contribution is -2.56. The molecule has 1 N–H and O–H groups in total. The normalized spacial score (nSPS) is 34.4. The fourth-order valence-corrected chi connectivity index (χ4v) is 4.09. The van der Waals surface area contributed by atoms with Crippen LogP contribution in [0.5, 0.6) is 5.75 Å². The summed E-state index contributed by atoms with van der Waals surface area (Å²) in [5.41, 5.74) is 1.34. The maximum absolute atomic E-state index is 9.76. The minimum absolute atomic E-state index is 0. The number of phenols is 1. The maximum Gasteiger partial charge on any atom is 0.124 e. The third-order valence-corrected chi connectivity index (χ3v) is 5.66. The van der Waals surface area contributed by atoms with E-state index in [1.54, 1.807) is 6.07 Å². The number of nitrogens with zero attached hydrogens (tertiary/aromatic N) is 1. The first-order valence-electron chi connectivity index (χ1n) is 7.31. The summed E-state index contributed by atoms with van der Waals surface area (Å²) in [6.45, 7) is 7.16. The van der Waals surface area contributed by atoms with Crippen LogP contribution < -0.4 is 0 Å². The average molecular weight is 294 g/mol. The van der Waals surface area contributed by atoms with Crippen molar-refractivity contribution in [2.24, 2.45) is 28.2 Å². The Hall–Kier alpha value is -1.02. The van der Waals surface area contributed by atoms with Crippen molar-refractivity contribution in [2.75, 3.05) is 0 Å². The van der Waals surface area contributed by atoms with Crippen LogP contribution >= 0.6 is 12.4 Å². The zero-order chi connectivity index (χ0) is 13.6. The van der Waals surface area contributed by atoms with E-state index in [9.17, 15) is 5.11 Å². The average Bonchev–Trinajstić information content (AvgIpc) is 2.38. The Kier molecular flexibility index (Phi) is 4.15. The van der Waals surface area contributed by atoms with Gasteiger partial charge in [-0.3, -0.25) is 4.99 Å². The van der Waals surface area contributed by atoms with Gasteiger partial charge in [0, 0.05) is 11.8 Å². The molecule has 2 bridgehead atoms. The number of aliphatic imine (C=N–C) groups is 1. The zero-order valence-corrected chi connectivity index (χ0v) is 13.2. The standard InChI is InChI=1S/C17H23NO.ClH/c1-11-14-8-13(17(14,2)3)9-15(11)18-10-12-6-4-5-7-16(12)19;/h4-7,10-11,13-15,19H,8-9H2,1-3H3;1H/t11-,13+,14-,15-;/m1./s1. The first kappa shape index (κ1) is 15.4. The molecule has 4 atom stereocenters. The Balaban J connectivity index is 0.00000147. The Morgan fingerprint density at radius 1 is 1.25 bits per heavy atom. The van der Waals surface area contributed by atoms with Crippen molar-refractivity contribution in [2.45, 2.75) is 39.7 Å². The van der Waals surface area contributed by atoms with Crippen LogP contribution in [0.4, 0.5) is 0 Å². The van der Waals surface area contributed by atoms with Gasteiger partial charge in [-0.2, -0.15) is 0 Å². The van der Waals surface area contributed by atoms with Crippen molar-refractivity contribution in [3.8, 4) is 5.75 Å². The highest BCUT2D eigenvalue weighted by Crippen LogP contribution is 2.61. The molecule has 3 saturated carbocycles. The second kappa shape index (κ2) is 5.40. The van der Waals surface area contributed by atoms with E-state index in [1.165, 1.54) is 12.8 Å². The first-order chi connectivity index (χ1) is 9.00. The molecule has 0 spiro atoms. The number of halogens is 1. The predicted octanol–water partition coefficient (Wildman–Crippen LogP) is 4.30. The van der Waals surface area contributed by atoms with E-state index in [0.717, 1.165) is 17.4 Å². The number of fused-ring (bicyclic) bond motifs is 2. The van der Waals surface area contributed by atoms with Gasteiger partial charge < -0.3 is 5.11 Å². The third kappa shape index (κ3) is 2.35. The van der Waals surface area contributed by atoms with Gasteiger partial charge in [0.1, 0.15) is 5.75 Å². The van der Waals surface area contributed by atoms with Crippen LogP contribution in [0.15, 0.2) is 29.3 Å². The molecule has 20 heavy (non-hydrogen) atoms. The molecule has 3 aliphatic carbocycles. The van der Waals surface area contributed by atoms with Gasteiger partial charge in [-0.05, 0) is 48.1 Å². The summed E-state index contributed by atoms with van der Waals surface area (Å²) >= 11 is 0. The number of para-hydroxylation sites is 1. The van der Waals surface area contributed by atoms with Gasteiger partial charge in [0.2, 0.25) is 0 Å². The van der Waals surface area contributed by atoms with E-state index >= 15 is 0 Å². The molecule has 3 aliphatic rings. The maximum atomic E-state index is 9.76. The Morgan fingerprint density at radius 2 is 1.95 bits per heavy atom. The fraction of sp³-hybridized carbons (Fsp3) is 0.588. The lowest BCUT2D eigenvalue weighted by Gasteiger charge is -2.61. The van der Waals surface area contributed by atoms with Crippen LogP contribution in [0, 0.1) is 23.2 Å². The highest BCUT2D eigenvalue weighted by molar-refractivity contribution is 5.85. The van der Waals surface area contributed by atoms with Gasteiger partial charge in [-0.1, -0.05) is 32.9 Å². The van der Waals surface area contributed by atoms with E-state index < -0.39 is 0 Å². The molecular weight excluding hydrogens is 270 g/mol. The number of benzene rings is 1. The summed E-state index contributed by atoms with van der Waals surface area (Å²) < 4.78 is 0. The minimum atomic E-state index is 0. The van der Waals surface area contributed by atoms with Crippen molar-refractivity contribution < 1.29 is 5.11 Å². The van der Waals surface area contributed by atoms with Gasteiger partial charge >= 0.3 is 0 Å². The third-order valence-electron chi connectivity index (χ3n) is 5.66. The number of aromatic hydroxyl groups is 1. The summed E-state index contributed by atoms with van der Waals surface area (Å²) in [6.07, 6.45) is 4.44. The Morgan fingerprint density at radius 3 is 2.55 bits per heavy atom. The lowest BCUT2D eigenvalue weighted by atomic mass is 9.45. The van der Waals surface area contributed by atoms with Crippen molar-refractivity contribution in [3.05, 3.63) is 29.8 Å². The van der Waals surface area contributed by atoms with Crippen molar-refractivity contribution in [3.63, 3.8) is 0 Å². The zero-order valence-electron chi connectivity index (χ0n) is 12.4. The minimum Gasteiger partial charge on any atom is -0.507 e. The molecule has 0 radical (unpaired) electrons. The summed E-state index contributed by atoms with van der Waals surface area (Å²) in [5.74, 6) is 2.63. The highest BCUT2D eigenvalue weighted by atomic mass is 35.5. The molecular formula is C17H24ClNO. The highest BCUT2D eigenvalue weighted by Gasteiger charge is 2.56. The lowest BCUT2D eigenvalue weighted by molar-refractivity contribution is -0.108.